The fourth-order valence-electron chi connectivity index (χ4n) is 4.33. The summed E-state index contributed by atoms with van der Waals surface area (Å²) in [5.74, 6) is -3.08. The second-order valence-corrected chi connectivity index (χ2v) is 14.2. The molecule has 0 heterocycles. The first-order chi connectivity index (χ1) is 14.1. The van der Waals surface area contributed by atoms with Crippen LogP contribution in [0.1, 0.15) is 26.7 Å². The van der Waals surface area contributed by atoms with Crippen molar-refractivity contribution in [2.45, 2.75) is 26.7 Å². The van der Waals surface area contributed by atoms with Gasteiger partial charge in [-0.3, -0.25) is 0 Å². The first kappa shape index (κ1) is 22.0. The molecule has 0 amide bonds. The molecule has 3 heteroatoms. The van der Waals surface area contributed by atoms with Gasteiger partial charge in [0.05, 0.1) is 0 Å². The number of hydrogen-bond acceptors (Lipinski definition) is 1. The molecule has 0 spiro atoms. The van der Waals surface area contributed by atoms with Gasteiger partial charge in [-0.2, -0.15) is 0 Å². The van der Waals surface area contributed by atoms with Gasteiger partial charge in [0, 0.05) is 0 Å². The number of nitrogens with zero attached hydrogens (tertiary/aromatic N) is 1. The van der Waals surface area contributed by atoms with Crippen molar-refractivity contribution in [3.63, 3.8) is 0 Å². The van der Waals surface area contributed by atoms with Gasteiger partial charge in [0.2, 0.25) is 0 Å². The van der Waals surface area contributed by atoms with Crippen LogP contribution in [0, 0.1) is 0 Å². The van der Waals surface area contributed by atoms with E-state index in [1.807, 2.05) is 0 Å². The molecule has 0 aromatic heterocycles. The second kappa shape index (κ2) is 9.90. The van der Waals surface area contributed by atoms with E-state index < -0.39 is 5.96 Å². The summed E-state index contributed by atoms with van der Waals surface area (Å²) in [6.45, 7) is 7.83. The Morgan fingerprint density at radius 2 is 1.00 bits per heavy atom. The molecule has 0 fully saturated rings. The summed E-state index contributed by atoms with van der Waals surface area (Å²) in [5, 5.41) is 3.79. The summed E-state index contributed by atoms with van der Waals surface area (Å²) < 4.78 is 0. The van der Waals surface area contributed by atoms with Crippen LogP contribution < -0.4 is 15.9 Å². The number of halogens is 1. The first-order valence-corrected chi connectivity index (χ1v) is 14.1. The van der Waals surface area contributed by atoms with E-state index in [1.165, 1.54) is 22.3 Å². The SMILES string of the molecule is CCN(CC)CCCCP(Cl)(c1ccccc1)(c1ccccc1)c1ccccc1. The van der Waals surface area contributed by atoms with Gasteiger partial charge in [0.25, 0.3) is 0 Å². The summed E-state index contributed by atoms with van der Waals surface area (Å²) in [5.41, 5.74) is 0. The zero-order valence-corrected chi connectivity index (χ0v) is 19.3. The molecule has 0 aliphatic rings. The van der Waals surface area contributed by atoms with Crippen LogP contribution in [-0.2, 0) is 0 Å². The van der Waals surface area contributed by atoms with E-state index in [2.05, 4.69) is 110 Å². The maximum absolute atomic E-state index is 8.07. The van der Waals surface area contributed by atoms with Crippen LogP contribution in [0.25, 0.3) is 0 Å². The minimum atomic E-state index is -3.08. The van der Waals surface area contributed by atoms with Crippen molar-refractivity contribution in [1.82, 2.24) is 4.90 Å². The Balaban J connectivity index is 2.09. The van der Waals surface area contributed by atoms with Gasteiger partial charge in [-0.15, -0.1) is 0 Å². The van der Waals surface area contributed by atoms with Crippen molar-refractivity contribution >= 4 is 33.1 Å². The van der Waals surface area contributed by atoms with Crippen molar-refractivity contribution in [1.29, 1.82) is 0 Å². The Bertz CT molecular complexity index is 764. The molecule has 29 heavy (non-hydrogen) atoms. The van der Waals surface area contributed by atoms with E-state index in [-0.39, 0.29) is 0 Å². The fraction of sp³-hybridized carbons (Fsp3) is 0.308. The van der Waals surface area contributed by atoms with Crippen LogP contribution >= 0.6 is 17.2 Å². The normalized spacial score (nSPS) is 13.2. The summed E-state index contributed by atoms with van der Waals surface area (Å²) in [4.78, 5) is 2.50. The van der Waals surface area contributed by atoms with Crippen LogP contribution in [0.5, 0.6) is 0 Å². The fourth-order valence-corrected chi connectivity index (χ4v) is 10.6. The predicted octanol–water partition coefficient (Wildman–Crippen LogP) is 5.79. The summed E-state index contributed by atoms with van der Waals surface area (Å²) >= 11 is 8.07. The molecule has 154 valence electrons. The zero-order valence-electron chi connectivity index (χ0n) is 17.7. The predicted molar refractivity (Wildman–Crippen MR) is 133 cm³/mol. The molecule has 0 saturated carbocycles. The molecule has 1 nitrogen and oxygen atoms in total. The zero-order chi connectivity index (χ0) is 20.6. The molecular weight excluding hydrogens is 393 g/mol. The summed E-state index contributed by atoms with van der Waals surface area (Å²) in [7, 11) is 0. The third kappa shape index (κ3) is 4.43. The molecule has 0 aliphatic carbocycles. The Hall–Kier alpha value is -1.66. The molecule has 0 N–H and O–H groups in total. The molecule has 0 radical (unpaired) electrons. The summed E-state index contributed by atoms with van der Waals surface area (Å²) in [6, 6.07) is 32.4. The maximum atomic E-state index is 8.07. The van der Waals surface area contributed by atoms with Crippen LogP contribution in [0.3, 0.4) is 0 Å². The third-order valence-corrected chi connectivity index (χ3v) is 13.6. The molecular formula is C26H33ClNP. The molecule has 0 atom stereocenters. The van der Waals surface area contributed by atoms with Gasteiger partial charge in [-0.1, -0.05) is 0 Å². The number of unbranched alkanes of at least 4 members (excludes halogenated alkanes) is 1. The monoisotopic (exact) mass is 425 g/mol. The second-order valence-electron chi connectivity index (χ2n) is 7.65. The Labute approximate surface area is 181 Å². The van der Waals surface area contributed by atoms with Crippen molar-refractivity contribution in [2.75, 3.05) is 25.8 Å². The van der Waals surface area contributed by atoms with Crippen molar-refractivity contribution in [3.05, 3.63) is 91.0 Å². The molecule has 0 bridgehead atoms. The van der Waals surface area contributed by atoms with Crippen LogP contribution in [-0.4, -0.2) is 30.7 Å². The van der Waals surface area contributed by atoms with E-state index in [0.717, 1.165) is 32.2 Å². The Morgan fingerprint density at radius 1 is 0.621 bits per heavy atom. The molecule has 3 rings (SSSR count). The molecule has 0 aliphatic heterocycles. The van der Waals surface area contributed by atoms with Crippen LogP contribution in [0.2, 0.25) is 0 Å². The van der Waals surface area contributed by atoms with Gasteiger partial charge < -0.3 is 0 Å². The standard InChI is InChI=1S/C26H33ClNP/c1-3-28(4-2)22-14-15-23-29(27,24-16-8-5-9-17-24,25-18-10-6-11-19-25)26-20-12-7-13-21-26/h5-13,16-21H,3-4,14-15,22-23H2,1-2H3. The molecule has 3 aromatic rings. The van der Waals surface area contributed by atoms with Crippen molar-refractivity contribution < 1.29 is 0 Å². The number of rotatable bonds is 10. The number of benzene rings is 3. The van der Waals surface area contributed by atoms with Gasteiger partial charge in [0.15, 0.2) is 0 Å². The van der Waals surface area contributed by atoms with Crippen LogP contribution in [0.15, 0.2) is 91.0 Å². The molecule has 3 aromatic carbocycles. The minimum absolute atomic E-state index is 0.979. The average Bonchev–Trinajstić information content (AvgIpc) is 2.81. The first-order valence-electron chi connectivity index (χ1n) is 10.8. The van der Waals surface area contributed by atoms with Crippen LogP contribution in [0.4, 0.5) is 0 Å². The van der Waals surface area contributed by atoms with Gasteiger partial charge >= 0.3 is 181 Å². The van der Waals surface area contributed by atoms with Crippen molar-refractivity contribution in [3.8, 4) is 0 Å². The van der Waals surface area contributed by atoms with E-state index in [1.54, 1.807) is 0 Å². The molecule has 0 unspecified atom stereocenters. The van der Waals surface area contributed by atoms with Gasteiger partial charge in [-0.25, -0.2) is 0 Å². The summed E-state index contributed by atoms with van der Waals surface area (Å²) in [6.07, 6.45) is 3.25. The van der Waals surface area contributed by atoms with E-state index in [0.29, 0.717) is 0 Å². The quantitative estimate of drug-likeness (QED) is 0.293. The van der Waals surface area contributed by atoms with E-state index in [4.69, 9.17) is 11.2 Å². The third-order valence-electron chi connectivity index (χ3n) is 6.08. The van der Waals surface area contributed by atoms with E-state index >= 15 is 0 Å². The van der Waals surface area contributed by atoms with Gasteiger partial charge in [-0.05, 0) is 0 Å². The number of hydrogen-bond donors (Lipinski definition) is 0. The van der Waals surface area contributed by atoms with Gasteiger partial charge in [0.1, 0.15) is 0 Å². The van der Waals surface area contributed by atoms with E-state index in [9.17, 15) is 0 Å². The Kier molecular flexibility index (Phi) is 7.52. The molecule has 0 saturated heterocycles. The topological polar surface area (TPSA) is 3.24 Å². The van der Waals surface area contributed by atoms with Crippen molar-refractivity contribution in [2.24, 2.45) is 0 Å². The Morgan fingerprint density at radius 3 is 1.34 bits per heavy atom. The average molecular weight is 426 g/mol.